The number of sulfonamides is 1. The van der Waals surface area contributed by atoms with Gasteiger partial charge in [0, 0.05) is 12.1 Å². The molecule has 0 spiro atoms. The Labute approximate surface area is 115 Å². The van der Waals surface area contributed by atoms with Crippen molar-refractivity contribution in [1.82, 2.24) is 9.62 Å². The lowest BCUT2D eigenvalue weighted by Gasteiger charge is -2.24. The van der Waals surface area contributed by atoms with E-state index >= 15 is 0 Å². The van der Waals surface area contributed by atoms with E-state index in [0.29, 0.717) is 11.4 Å². The van der Waals surface area contributed by atoms with E-state index in [0.717, 1.165) is 24.8 Å². The van der Waals surface area contributed by atoms with Gasteiger partial charge in [-0.1, -0.05) is 25.1 Å². The van der Waals surface area contributed by atoms with Crippen molar-refractivity contribution in [2.45, 2.75) is 36.6 Å². The first-order chi connectivity index (χ1) is 8.91. The Bertz CT molecular complexity index is 548. The average molecular weight is 282 g/mol. The summed E-state index contributed by atoms with van der Waals surface area (Å²) in [6, 6.07) is 7.19. The molecule has 0 unspecified atom stereocenters. The van der Waals surface area contributed by atoms with Gasteiger partial charge in [-0.2, -0.15) is 0 Å². The van der Waals surface area contributed by atoms with Crippen molar-refractivity contribution in [3.63, 3.8) is 0 Å². The van der Waals surface area contributed by atoms with Crippen LogP contribution in [0.5, 0.6) is 0 Å². The number of aryl methyl sites for hydroxylation is 1. The summed E-state index contributed by atoms with van der Waals surface area (Å²) in [5, 5.41) is 0. The smallest absolute Gasteiger partial charge is 0.240 e. The van der Waals surface area contributed by atoms with Crippen LogP contribution in [0.3, 0.4) is 0 Å². The average Bonchev–Trinajstić information content (AvgIpc) is 3.18. The van der Waals surface area contributed by atoms with E-state index < -0.39 is 10.0 Å². The molecule has 1 saturated carbocycles. The second kappa shape index (κ2) is 5.23. The predicted octanol–water partition coefficient (Wildman–Crippen LogP) is 1.62. The van der Waals surface area contributed by atoms with Crippen LogP contribution in [0.2, 0.25) is 0 Å². The minimum Gasteiger partial charge on any atom is -0.302 e. The van der Waals surface area contributed by atoms with Gasteiger partial charge < -0.3 is 4.90 Å². The van der Waals surface area contributed by atoms with E-state index in [1.54, 1.807) is 12.1 Å². The molecule has 0 heterocycles. The Morgan fingerprint density at radius 1 is 1.26 bits per heavy atom. The number of nitrogens with zero attached hydrogens (tertiary/aromatic N) is 1. The summed E-state index contributed by atoms with van der Waals surface area (Å²) in [6.45, 7) is 2.46. The summed E-state index contributed by atoms with van der Waals surface area (Å²) in [5.74, 6) is 0. The summed E-state index contributed by atoms with van der Waals surface area (Å²) in [5.41, 5.74) is 0.888. The Kier molecular flexibility index (Phi) is 3.99. The topological polar surface area (TPSA) is 49.4 Å². The van der Waals surface area contributed by atoms with Gasteiger partial charge >= 0.3 is 0 Å². The van der Waals surface area contributed by atoms with Crippen molar-refractivity contribution >= 4 is 10.0 Å². The summed E-state index contributed by atoms with van der Waals surface area (Å²) >= 11 is 0. The first kappa shape index (κ1) is 14.5. The zero-order valence-corrected chi connectivity index (χ0v) is 12.6. The number of hydrogen-bond donors (Lipinski definition) is 1. The van der Waals surface area contributed by atoms with Gasteiger partial charge in [-0.25, -0.2) is 13.1 Å². The molecule has 2 rings (SSSR count). The molecule has 0 amide bonds. The highest BCUT2D eigenvalue weighted by Gasteiger charge is 2.45. The molecule has 0 aromatic heterocycles. The zero-order chi connectivity index (χ0) is 14.1. The zero-order valence-electron chi connectivity index (χ0n) is 11.8. The summed E-state index contributed by atoms with van der Waals surface area (Å²) < 4.78 is 27.5. The molecule has 1 aromatic carbocycles. The fraction of sp³-hybridized carbons (Fsp3) is 0.571. The standard InChI is InChI=1S/C14H22N2O2S/c1-4-12-7-5-6-8-13(12)19(17,18)15-11-14(9-10-14)16(2)3/h5-8,15H,4,9-11H2,1-3H3. The van der Waals surface area contributed by atoms with E-state index in [9.17, 15) is 8.42 Å². The van der Waals surface area contributed by atoms with Gasteiger partial charge in [0.2, 0.25) is 10.0 Å². The lowest BCUT2D eigenvalue weighted by atomic mass is 10.2. The maximum Gasteiger partial charge on any atom is 0.240 e. The highest BCUT2D eigenvalue weighted by Crippen LogP contribution is 2.39. The maximum absolute atomic E-state index is 12.4. The van der Waals surface area contributed by atoms with Crippen molar-refractivity contribution in [2.24, 2.45) is 0 Å². The molecule has 4 nitrogen and oxygen atoms in total. The Balaban J connectivity index is 2.15. The third kappa shape index (κ3) is 2.99. The molecular formula is C14H22N2O2S. The van der Waals surface area contributed by atoms with Crippen LogP contribution in [0, 0.1) is 0 Å². The molecule has 19 heavy (non-hydrogen) atoms. The van der Waals surface area contributed by atoms with Crippen LogP contribution in [-0.4, -0.2) is 39.5 Å². The number of hydrogen-bond acceptors (Lipinski definition) is 3. The van der Waals surface area contributed by atoms with Crippen LogP contribution >= 0.6 is 0 Å². The monoisotopic (exact) mass is 282 g/mol. The minimum atomic E-state index is -3.41. The highest BCUT2D eigenvalue weighted by molar-refractivity contribution is 7.89. The van der Waals surface area contributed by atoms with Crippen molar-refractivity contribution in [3.05, 3.63) is 29.8 Å². The SMILES string of the molecule is CCc1ccccc1S(=O)(=O)NCC1(N(C)C)CC1. The minimum absolute atomic E-state index is 0.0221. The number of likely N-dealkylation sites (N-methyl/N-ethyl adjacent to an activating group) is 1. The molecule has 0 atom stereocenters. The highest BCUT2D eigenvalue weighted by atomic mass is 32.2. The third-order valence-electron chi connectivity index (χ3n) is 4.01. The molecule has 1 fully saturated rings. The van der Waals surface area contributed by atoms with Crippen LogP contribution < -0.4 is 4.72 Å². The van der Waals surface area contributed by atoms with Crippen LogP contribution in [0.15, 0.2) is 29.2 Å². The second-order valence-electron chi connectivity index (χ2n) is 5.40. The normalized spacial score (nSPS) is 17.7. The molecule has 0 saturated heterocycles. The third-order valence-corrected chi connectivity index (χ3v) is 5.51. The Hall–Kier alpha value is -0.910. The summed E-state index contributed by atoms with van der Waals surface area (Å²) in [4.78, 5) is 2.52. The van der Waals surface area contributed by atoms with Gasteiger partial charge in [-0.05, 0) is 45.0 Å². The fourth-order valence-corrected chi connectivity index (χ4v) is 3.72. The van der Waals surface area contributed by atoms with Crippen molar-refractivity contribution in [1.29, 1.82) is 0 Å². The van der Waals surface area contributed by atoms with Gasteiger partial charge in [0.15, 0.2) is 0 Å². The molecule has 1 aromatic rings. The van der Waals surface area contributed by atoms with Crippen molar-refractivity contribution in [3.8, 4) is 0 Å². The largest absolute Gasteiger partial charge is 0.302 e. The van der Waals surface area contributed by atoms with Gasteiger partial charge in [0.1, 0.15) is 0 Å². The summed E-state index contributed by atoms with van der Waals surface area (Å²) in [7, 11) is 0.596. The quantitative estimate of drug-likeness (QED) is 0.862. The molecule has 0 aliphatic heterocycles. The first-order valence-electron chi connectivity index (χ1n) is 6.66. The van der Waals surface area contributed by atoms with Gasteiger partial charge in [0.05, 0.1) is 4.90 Å². The predicted molar refractivity (Wildman–Crippen MR) is 76.7 cm³/mol. The van der Waals surface area contributed by atoms with E-state index in [1.807, 2.05) is 33.2 Å². The fourth-order valence-electron chi connectivity index (χ4n) is 2.29. The Morgan fingerprint density at radius 2 is 1.89 bits per heavy atom. The number of rotatable bonds is 6. The van der Waals surface area contributed by atoms with Crippen LogP contribution in [0.25, 0.3) is 0 Å². The maximum atomic E-state index is 12.4. The van der Waals surface area contributed by atoms with Crippen LogP contribution in [-0.2, 0) is 16.4 Å². The lowest BCUT2D eigenvalue weighted by molar-refractivity contribution is 0.272. The molecular weight excluding hydrogens is 260 g/mol. The molecule has 1 aliphatic carbocycles. The van der Waals surface area contributed by atoms with Gasteiger partial charge in [-0.3, -0.25) is 0 Å². The summed E-state index contributed by atoms with van der Waals surface area (Å²) in [6.07, 6.45) is 2.83. The van der Waals surface area contributed by atoms with Gasteiger partial charge in [-0.15, -0.1) is 0 Å². The van der Waals surface area contributed by atoms with E-state index in [-0.39, 0.29) is 5.54 Å². The molecule has 0 bridgehead atoms. The number of benzene rings is 1. The van der Waals surface area contributed by atoms with Crippen molar-refractivity contribution in [2.75, 3.05) is 20.6 Å². The van der Waals surface area contributed by atoms with Crippen molar-refractivity contribution < 1.29 is 8.42 Å². The Morgan fingerprint density at radius 3 is 2.42 bits per heavy atom. The molecule has 1 N–H and O–H groups in total. The molecule has 5 heteroatoms. The molecule has 1 aliphatic rings. The van der Waals surface area contributed by atoms with Gasteiger partial charge in [0.25, 0.3) is 0 Å². The van der Waals surface area contributed by atoms with E-state index in [2.05, 4.69) is 9.62 Å². The van der Waals surface area contributed by atoms with E-state index in [4.69, 9.17) is 0 Å². The van der Waals surface area contributed by atoms with Crippen LogP contribution in [0.1, 0.15) is 25.3 Å². The van der Waals surface area contributed by atoms with Crippen LogP contribution in [0.4, 0.5) is 0 Å². The first-order valence-corrected chi connectivity index (χ1v) is 8.15. The molecule has 0 radical (unpaired) electrons. The molecule has 106 valence electrons. The second-order valence-corrected chi connectivity index (χ2v) is 7.14. The van der Waals surface area contributed by atoms with E-state index in [1.165, 1.54) is 0 Å². The lowest BCUT2D eigenvalue weighted by Crippen LogP contribution is -2.42. The number of nitrogens with one attached hydrogen (secondary N) is 1.